The lowest BCUT2D eigenvalue weighted by Gasteiger charge is -2.34. The number of nitrogens with zero attached hydrogens (tertiary/aromatic N) is 1. The fourth-order valence-corrected chi connectivity index (χ4v) is 5.29. The molecule has 1 aliphatic heterocycles. The summed E-state index contributed by atoms with van der Waals surface area (Å²) in [5, 5.41) is 2.79. The Morgan fingerprint density at radius 2 is 1.57 bits per heavy atom. The molecule has 1 aliphatic rings. The molecule has 7 heteroatoms. The van der Waals surface area contributed by atoms with Gasteiger partial charge in [-0.15, -0.1) is 0 Å². The molecular weight excluding hydrogens is 376 g/mol. The van der Waals surface area contributed by atoms with Crippen LogP contribution in [0.2, 0.25) is 0 Å². The molecule has 2 aromatic rings. The van der Waals surface area contributed by atoms with Crippen molar-refractivity contribution in [2.75, 3.05) is 25.5 Å². The van der Waals surface area contributed by atoms with Crippen molar-refractivity contribution in [3.05, 3.63) is 54.1 Å². The zero-order valence-electron chi connectivity index (χ0n) is 16.4. The Kier molecular flexibility index (Phi) is 6.05. The first-order chi connectivity index (χ1) is 13.3. The number of piperidine rings is 1. The lowest BCUT2D eigenvalue weighted by Crippen LogP contribution is -2.42. The van der Waals surface area contributed by atoms with Crippen molar-refractivity contribution in [2.24, 2.45) is 11.8 Å². The minimum absolute atomic E-state index is 0.217. The number of sulfonamides is 1. The molecule has 150 valence electrons. The van der Waals surface area contributed by atoms with E-state index in [4.69, 9.17) is 4.74 Å². The van der Waals surface area contributed by atoms with E-state index >= 15 is 0 Å². The maximum absolute atomic E-state index is 12.9. The summed E-state index contributed by atoms with van der Waals surface area (Å²) in [5.74, 6) is 1.09. The Morgan fingerprint density at radius 1 is 1.00 bits per heavy atom. The van der Waals surface area contributed by atoms with Gasteiger partial charge in [0.25, 0.3) is 5.91 Å². The number of nitrogens with one attached hydrogen (secondary N) is 1. The Balaban J connectivity index is 1.72. The normalized spacial score (nSPS) is 20.5. The Labute approximate surface area is 166 Å². The Bertz CT molecular complexity index is 914. The van der Waals surface area contributed by atoms with Crippen molar-refractivity contribution in [2.45, 2.75) is 25.2 Å². The number of ether oxygens (including phenoxy) is 1. The first kappa shape index (κ1) is 20.4. The third-order valence-electron chi connectivity index (χ3n) is 4.94. The van der Waals surface area contributed by atoms with Crippen LogP contribution in [0, 0.1) is 11.8 Å². The topological polar surface area (TPSA) is 75.7 Å². The minimum atomic E-state index is -3.55. The molecule has 28 heavy (non-hydrogen) atoms. The molecule has 0 radical (unpaired) electrons. The number of hydrogen-bond acceptors (Lipinski definition) is 4. The standard InChI is InChI=1S/C21H26N2O4S/c1-15-12-16(2)14-23(13-15)28(25,26)20-10-4-17(5-11-20)21(24)22-18-6-8-19(27-3)9-7-18/h4-11,15-16H,12-14H2,1-3H3,(H,22,24)/t15-,16+. The molecular formula is C21H26N2O4S. The van der Waals surface area contributed by atoms with E-state index in [9.17, 15) is 13.2 Å². The molecule has 0 spiro atoms. The lowest BCUT2D eigenvalue weighted by atomic mass is 9.94. The maximum atomic E-state index is 12.9. The van der Waals surface area contributed by atoms with Gasteiger partial charge < -0.3 is 10.1 Å². The summed E-state index contributed by atoms with van der Waals surface area (Å²) in [5.41, 5.74) is 1.04. The van der Waals surface area contributed by atoms with Gasteiger partial charge in [-0.2, -0.15) is 4.31 Å². The first-order valence-electron chi connectivity index (χ1n) is 9.35. The number of amides is 1. The monoisotopic (exact) mass is 402 g/mol. The van der Waals surface area contributed by atoms with Crippen LogP contribution < -0.4 is 10.1 Å². The van der Waals surface area contributed by atoms with Crippen LogP contribution in [0.1, 0.15) is 30.6 Å². The van der Waals surface area contributed by atoms with E-state index in [0.717, 1.165) is 6.42 Å². The quantitative estimate of drug-likeness (QED) is 0.829. The predicted molar refractivity (Wildman–Crippen MR) is 109 cm³/mol. The highest BCUT2D eigenvalue weighted by Gasteiger charge is 2.31. The molecule has 3 rings (SSSR count). The second-order valence-electron chi connectivity index (χ2n) is 7.48. The summed E-state index contributed by atoms with van der Waals surface area (Å²) in [6.45, 7) is 5.22. The van der Waals surface area contributed by atoms with Gasteiger partial charge in [0, 0.05) is 24.3 Å². The van der Waals surface area contributed by atoms with E-state index in [-0.39, 0.29) is 10.8 Å². The summed E-state index contributed by atoms with van der Waals surface area (Å²) in [7, 11) is -1.97. The van der Waals surface area contributed by atoms with E-state index in [1.54, 1.807) is 47.8 Å². The zero-order chi connectivity index (χ0) is 20.3. The average molecular weight is 403 g/mol. The smallest absolute Gasteiger partial charge is 0.255 e. The van der Waals surface area contributed by atoms with Crippen molar-refractivity contribution in [3.8, 4) is 5.75 Å². The maximum Gasteiger partial charge on any atom is 0.255 e. The highest BCUT2D eigenvalue weighted by atomic mass is 32.2. The molecule has 1 amide bonds. The van der Waals surface area contributed by atoms with Gasteiger partial charge in [-0.1, -0.05) is 13.8 Å². The number of benzene rings is 2. The molecule has 1 heterocycles. The van der Waals surface area contributed by atoms with E-state index in [1.165, 1.54) is 12.1 Å². The number of rotatable bonds is 5. The van der Waals surface area contributed by atoms with Gasteiger partial charge in [0.15, 0.2) is 0 Å². The fourth-order valence-electron chi connectivity index (χ4n) is 3.61. The highest BCUT2D eigenvalue weighted by molar-refractivity contribution is 7.89. The average Bonchev–Trinajstić information content (AvgIpc) is 2.68. The molecule has 2 atom stereocenters. The first-order valence-corrected chi connectivity index (χ1v) is 10.8. The van der Waals surface area contributed by atoms with E-state index in [0.29, 0.717) is 41.9 Å². The predicted octanol–water partition coefficient (Wildman–Crippen LogP) is 3.61. The highest BCUT2D eigenvalue weighted by Crippen LogP contribution is 2.27. The summed E-state index contributed by atoms with van der Waals surface area (Å²) >= 11 is 0. The molecule has 0 aromatic heterocycles. The van der Waals surface area contributed by atoms with Crippen LogP contribution in [0.4, 0.5) is 5.69 Å². The van der Waals surface area contributed by atoms with Crippen LogP contribution in [-0.4, -0.2) is 38.8 Å². The molecule has 0 bridgehead atoms. The van der Waals surface area contributed by atoms with Crippen molar-refractivity contribution in [1.82, 2.24) is 4.31 Å². The van der Waals surface area contributed by atoms with Crippen LogP contribution in [-0.2, 0) is 10.0 Å². The summed E-state index contributed by atoms with van der Waals surface area (Å²) in [4.78, 5) is 12.6. The number of carbonyl (C=O) groups excluding carboxylic acids is 1. The largest absolute Gasteiger partial charge is 0.497 e. The number of carbonyl (C=O) groups is 1. The molecule has 0 saturated carbocycles. The number of methoxy groups -OCH3 is 1. The second kappa shape index (κ2) is 8.32. The van der Waals surface area contributed by atoms with Crippen molar-refractivity contribution < 1.29 is 17.9 Å². The minimum Gasteiger partial charge on any atom is -0.497 e. The number of anilines is 1. The third kappa shape index (κ3) is 4.54. The lowest BCUT2D eigenvalue weighted by molar-refractivity contribution is 0.102. The van der Waals surface area contributed by atoms with Crippen LogP contribution in [0.25, 0.3) is 0 Å². The summed E-state index contributed by atoms with van der Waals surface area (Å²) in [6, 6.07) is 13.1. The van der Waals surface area contributed by atoms with Crippen LogP contribution in [0.5, 0.6) is 5.75 Å². The SMILES string of the molecule is COc1ccc(NC(=O)c2ccc(S(=O)(=O)N3C[C@H](C)C[C@H](C)C3)cc2)cc1. The van der Waals surface area contributed by atoms with E-state index in [2.05, 4.69) is 19.2 Å². The molecule has 1 N–H and O–H groups in total. The van der Waals surface area contributed by atoms with Gasteiger partial charge in [0.05, 0.1) is 12.0 Å². The zero-order valence-corrected chi connectivity index (χ0v) is 17.2. The van der Waals surface area contributed by atoms with E-state index < -0.39 is 10.0 Å². The van der Waals surface area contributed by atoms with Gasteiger partial charge in [0.2, 0.25) is 10.0 Å². The van der Waals surface area contributed by atoms with Gasteiger partial charge in [-0.3, -0.25) is 4.79 Å². The number of hydrogen-bond donors (Lipinski definition) is 1. The molecule has 6 nitrogen and oxygen atoms in total. The summed E-state index contributed by atoms with van der Waals surface area (Å²) < 4.78 is 32.5. The van der Waals surface area contributed by atoms with Crippen LogP contribution >= 0.6 is 0 Å². The van der Waals surface area contributed by atoms with Gasteiger partial charge >= 0.3 is 0 Å². The molecule has 2 aromatic carbocycles. The van der Waals surface area contributed by atoms with Crippen molar-refractivity contribution in [3.63, 3.8) is 0 Å². The molecule has 0 aliphatic carbocycles. The van der Waals surface area contributed by atoms with Crippen molar-refractivity contribution in [1.29, 1.82) is 0 Å². The Hall–Kier alpha value is -2.38. The van der Waals surface area contributed by atoms with Crippen molar-refractivity contribution >= 4 is 21.6 Å². The fraction of sp³-hybridized carbons (Fsp3) is 0.381. The van der Waals surface area contributed by atoms with Crippen LogP contribution in [0.15, 0.2) is 53.4 Å². The van der Waals surface area contributed by atoms with E-state index in [1.807, 2.05) is 0 Å². The van der Waals surface area contributed by atoms with Crippen LogP contribution in [0.3, 0.4) is 0 Å². The molecule has 1 saturated heterocycles. The molecule has 0 unspecified atom stereocenters. The third-order valence-corrected chi connectivity index (χ3v) is 6.78. The van der Waals surface area contributed by atoms with Gasteiger partial charge in [0.1, 0.15) is 5.75 Å². The second-order valence-corrected chi connectivity index (χ2v) is 9.41. The summed E-state index contributed by atoms with van der Waals surface area (Å²) in [6.07, 6.45) is 1.04. The molecule has 1 fully saturated rings. The van der Waals surface area contributed by atoms with Gasteiger partial charge in [-0.25, -0.2) is 8.42 Å². The Morgan fingerprint density at radius 3 is 2.11 bits per heavy atom. The van der Waals surface area contributed by atoms with Gasteiger partial charge in [-0.05, 0) is 66.8 Å².